The topological polar surface area (TPSA) is 113 Å². The molecule has 11 nitrogen and oxygen atoms in total. The maximum Gasteiger partial charge on any atom is 0.282 e. The second-order valence-electron chi connectivity index (χ2n) is 15.1. The van der Waals surface area contributed by atoms with E-state index in [2.05, 4.69) is 30.3 Å². The summed E-state index contributed by atoms with van der Waals surface area (Å²) in [4.78, 5) is 37.2. The quantitative estimate of drug-likeness (QED) is 0.444. The van der Waals surface area contributed by atoms with Gasteiger partial charge in [-0.25, -0.2) is 9.37 Å². The summed E-state index contributed by atoms with van der Waals surface area (Å²) in [5, 5.41) is 11.6. The van der Waals surface area contributed by atoms with Gasteiger partial charge in [-0.3, -0.25) is 9.59 Å². The van der Waals surface area contributed by atoms with E-state index in [-0.39, 0.29) is 51.4 Å². The number of aromatic nitrogens is 3. The van der Waals surface area contributed by atoms with Crippen LogP contribution in [0.25, 0.3) is 0 Å². The lowest BCUT2D eigenvalue weighted by atomic mass is 9.70. The first-order valence-corrected chi connectivity index (χ1v) is 17.5. The number of nitrogens with zero attached hydrogens (tertiary/aromatic N) is 6. The molecule has 2 aromatic rings. The molecule has 5 aliphatic rings. The Labute approximate surface area is 276 Å². The van der Waals surface area contributed by atoms with Crippen LogP contribution in [0.1, 0.15) is 82.5 Å². The normalized spacial score (nSPS) is 28.7. The van der Waals surface area contributed by atoms with Gasteiger partial charge < -0.3 is 29.5 Å². The standard InChI is InChI=1S/C35H48FN7O4/c1-4-43(24(2)3)31(44)27-17-26(36)5-6-28(27)47-30-29(37-23-38-40-30)42-20-33(21-42)11-14-41(15-12-33)18-25-7-9-35(10-8-25)19-34(32(45)39-35)13-16-46-22-34/h5-6,17,23-25H,4,7-16,18-22H2,1-3H3,(H,39,45). The van der Waals surface area contributed by atoms with Crippen molar-refractivity contribution in [2.75, 3.05) is 57.4 Å². The van der Waals surface area contributed by atoms with Crippen LogP contribution in [0.5, 0.6) is 11.6 Å². The van der Waals surface area contributed by atoms with Gasteiger partial charge in [-0.2, -0.15) is 0 Å². The third kappa shape index (κ3) is 6.19. The first-order valence-electron chi connectivity index (χ1n) is 17.5. The average molecular weight is 650 g/mol. The zero-order chi connectivity index (χ0) is 32.8. The molecule has 4 aliphatic heterocycles. The summed E-state index contributed by atoms with van der Waals surface area (Å²) in [6.45, 7) is 12.6. The summed E-state index contributed by atoms with van der Waals surface area (Å²) in [5.74, 6) is 1.15. The summed E-state index contributed by atoms with van der Waals surface area (Å²) in [7, 11) is 0. The minimum Gasteiger partial charge on any atom is -0.434 e. The lowest BCUT2D eigenvalue weighted by Gasteiger charge is -2.54. The molecule has 1 aromatic heterocycles. The SMILES string of the molecule is CCN(C(=O)c1cc(F)ccc1Oc1nncnc1N1CC2(CCN(CC3CCC4(CC3)CC3(CCOC3)C(=O)N4)CC2)C1)C(C)C. The van der Waals surface area contributed by atoms with Gasteiger partial charge in [-0.15, -0.1) is 10.2 Å². The van der Waals surface area contributed by atoms with Crippen molar-refractivity contribution in [2.24, 2.45) is 16.7 Å². The minimum atomic E-state index is -0.503. The molecule has 47 heavy (non-hydrogen) atoms. The van der Waals surface area contributed by atoms with Crippen LogP contribution in [0.2, 0.25) is 0 Å². The lowest BCUT2D eigenvalue weighted by Crippen LogP contribution is -2.61. The molecule has 1 atom stereocenters. The van der Waals surface area contributed by atoms with E-state index in [1.807, 2.05) is 20.8 Å². The maximum absolute atomic E-state index is 14.3. The number of carbonyl (C=O) groups is 2. The summed E-state index contributed by atoms with van der Waals surface area (Å²) in [5.41, 5.74) is 0.0977. The van der Waals surface area contributed by atoms with Crippen LogP contribution in [0.3, 0.4) is 0 Å². The Morgan fingerprint density at radius 3 is 2.62 bits per heavy atom. The highest BCUT2D eigenvalue weighted by molar-refractivity contribution is 5.97. The summed E-state index contributed by atoms with van der Waals surface area (Å²) < 4.78 is 26.1. The van der Waals surface area contributed by atoms with Crippen LogP contribution in [-0.2, 0) is 9.53 Å². The van der Waals surface area contributed by atoms with E-state index in [0.717, 1.165) is 71.2 Å². The van der Waals surface area contributed by atoms with Crippen LogP contribution in [-0.4, -0.2) is 101 Å². The van der Waals surface area contributed by atoms with Crippen LogP contribution in [0.4, 0.5) is 10.2 Å². The smallest absolute Gasteiger partial charge is 0.282 e. The number of halogens is 1. The second kappa shape index (κ2) is 12.6. The van der Waals surface area contributed by atoms with Gasteiger partial charge in [0, 0.05) is 49.8 Å². The molecule has 254 valence electrons. The molecule has 0 radical (unpaired) electrons. The predicted molar refractivity (Wildman–Crippen MR) is 174 cm³/mol. The first kappa shape index (κ1) is 32.2. The minimum absolute atomic E-state index is 0.0151. The molecule has 1 aliphatic carbocycles. The second-order valence-corrected chi connectivity index (χ2v) is 15.1. The Morgan fingerprint density at radius 1 is 1.17 bits per heavy atom. The fraction of sp³-hybridized carbons (Fsp3) is 0.686. The van der Waals surface area contributed by atoms with Gasteiger partial charge in [0.1, 0.15) is 17.9 Å². The van der Waals surface area contributed by atoms with E-state index >= 15 is 0 Å². The maximum atomic E-state index is 14.3. The number of hydrogen-bond acceptors (Lipinski definition) is 9. The monoisotopic (exact) mass is 649 g/mol. The molecular weight excluding hydrogens is 601 g/mol. The van der Waals surface area contributed by atoms with Crippen molar-refractivity contribution in [3.05, 3.63) is 35.9 Å². The van der Waals surface area contributed by atoms with Crippen LogP contribution in [0.15, 0.2) is 24.5 Å². The van der Waals surface area contributed by atoms with Gasteiger partial charge in [0.25, 0.3) is 11.8 Å². The number of hydrogen-bond donors (Lipinski definition) is 1. The number of piperidine rings is 1. The van der Waals surface area contributed by atoms with Crippen molar-refractivity contribution in [2.45, 2.75) is 83.7 Å². The van der Waals surface area contributed by atoms with Gasteiger partial charge in [0.15, 0.2) is 5.82 Å². The Kier molecular flexibility index (Phi) is 8.61. The number of anilines is 1. The van der Waals surface area contributed by atoms with E-state index < -0.39 is 5.82 Å². The van der Waals surface area contributed by atoms with E-state index in [1.165, 1.54) is 37.4 Å². The Balaban J connectivity index is 0.926. The molecule has 0 bridgehead atoms. The predicted octanol–water partition coefficient (Wildman–Crippen LogP) is 4.43. The Bertz CT molecular complexity index is 1470. The van der Waals surface area contributed by atoms with Crippen molar-refractivity contribution < 1.29 is 23.5 Å². The summed E-state index contributed by atoms with van der Waals surface area (Å²) >= 11 is 0. The van der Waals surface area contributed by atoms with Crippen LogP contribution < -0.4 is 15.0 Å². The molecule has 1 aromatic carbocycles. The molecule has 2 amide bonds. The molecule has 3 spiro atoms. The van der Waals surface area contributed by atoms with Gasteiger partial charge >= 0.3 is 0 Å². The lowest BCUT2D eigenvalue weighted by molar-refractivity contribution is -0.127. The van der Waals surface area contributed by atoms with E-state index in [1.54, 1.807) is 4.90 Å². The summed E-state index contributed by atoms with van der Waals surface area (Å²) in [6.07, 6.45) is 9.99. The first-order chi connectivity index (χ1) is 22.6. The number of carbonyl (C=O) groups excluding carboxylic acids is 2. The fourth-order valence-corrected chi connectivity index (χ4v) is 8.89. The van der Waals surface area contributed by atoms with Gasteiger partial charge in [0.05, 0.1) is 17.6 Å². The third-order valence-corrected chi connectivity index (χ3v) is 11.7. The molecule has 5 fully saturated rings. The highest BCUT2D eigenvalue weighted by atomic mass is 19.1. The van der Waals surface area contributed by atoms with Gasteiger partial charge in [-0.1, -0.05) is 0 Å². The van der Waals surface area contributed by atoms with Crippen molar-refractivity contribution in [3.8, 4) is 11.6 Å². The molecule has 1 saturated carbocycles. The average Bonchev–Trinajstić information content (AvgIpc) is 3.62. The molecule has 7 rings (SSSR count). The number of rotatable bonds is 8. The molecular formula is C35H48FN7O4. The number of likely N-dealkylation sites (tertiary alicyclic amines) is 1. The van der Waals surface area contributed by atoms with Crippen molar-refractivity contribution in [3.63, 3.8) is 0 Å². The van der Waals surface area contributed by atoms with Crippen LogP contribution >= 0.6 is 0 Å². The number of benzene rings is 1. The largest absolute Gasteiger partial charge is 0.434 e. The molecule has 5 heterocycles. The number of ether oxygens (including phenoxy) is 2. The van der Waals surface area contributed by atoms with Crippen molar-refractivity contribution >= 4 is 17.6 Å². The zero-order valence-corrected chi connectivity index (χ0v) is 28.0. The zero-order valence-electron chi connectivity index (χ0n) is 28.0. The highest BCUT2D eigenvalue weighted by Crippen LogP contribution is 2.49. The Hall–Kier alpha value is -3.38. The van der Waals surface area contributed by atoms with Crippen LogP contribution in [0, 0.1) is 22.6 Å². The fourth-order valence-electron chi connectivity index (χ4n) is 8.89. The number of amides is 2. The van der Waals surface area contributed by atoms with Crippen molar-refractivity contribution in [1.82, 2.24) is 30.3 Å². The Morgan fingerprint density at radius 2 is 1.94 bits per heavy atom. The van der Waals surface area contributed by atoms with Crippen molar-refractivity contribution in [1.29, 1.82) is 0 Å². The van der Waals surface area contributed by atoms with Gasteiger partial charge in [0.2, 0.25) is 5.91 Å². The highest BCUT2D eigenvalue weighted by Gasteiger charge is 2.56. The third-order valence-electron chi connectivity index (χ3n) is 11.7. The number of nitrogens with one attached hydrogen (secondary N) is 1. The summed E-state index contributed by atoms with van der Waals surface area (Å²) in [6, 6.07) is 3.93. The molecule has 1 N–H and O–H groups in total. The molecule has 4 saturated heterocycles. The molecule has 1 unspecified atom stereocenters. The van der Waals surface area contributed by atoms with E-state index in [4.69, 9.17) is 9.47 Å². The van der Waals surface area contributed by atoms with E-state index in [0.29, 0.717) is 31.5 Å². The van der Waals surface area contributed by atoms with Gasteiger partial charge in [-0.05, 0) is 109 Å². The van der Waals surface area contributed by atoms with E-state index in [9.17, 15) is 14.0 Å². The molecule has 12 heteroatoms.